The summed E-state index contributed by atoms with van der Waals surface area (Å²) in [6, 6.07) is 0. The highest BCUT2D eigenvalue weighted by Crippen LogP contribution is 2.19. The molecule has 3 heteroatoms. The van der Waals surface area contributed by atoms with Crippen molar-refractivity contribution in [1.29, 1.82) is 0 Å². The molecule has 1 aliphatic heterocycles. The Bertz CT molecular complexity index is 169. The van der Waals surface area contributed by atoms with Gasteiger partial charge in [-0.1, -0.05) is 13.8 Å². The molecule has 1 fully saturated rings. The minimum absolute atomic E-state index is 0.136. The molecular weight excluding hydrogens is 188 g/mol. The Morgan fingerprint density at radius 3 is 2.53 bits per heavy atom. The molecule has 0 bridgehead atoms. The summed E-state index contributed by atoms with van der Waals surface area (Å²) in [6.45, 7) is 13.2. The summed E-state index contributed by atoms with van der Waals surface area (Å²) in [6.07, 6.45) is 1.03. The van der Waals surface area contributed by atoms with Crippen molar-refractivity contribution >= 4 is 0 Å². The summed E-state index contributed by atoms with van der Waals surface area (Å²) < 4.78 is 0. The van der Waals surface area contributed by atoms with Gasteiger partial charge in [0.25, 0.3) is 0 Å². The van der Waals surface area contributed by atoms with Gasteiger partial charge in [0.1, 0.15) is 0 Å². The molecular formula is C12H26N2O. The van der Waals surface area contributed by atoms with Crippen LogP contribution in [0.5, 0.6) is 0 Å². The average Bonchev–Trinajstić information content (AvgIpc) is 2.68. The van der Waals surface area contributed by atoms with Gasteiger partial charge in [-0.15, -0.1) is 0 Å². The normalized spacial score (nSPS) is 25.0. The van der Waals surface area contributed by atoms with Gasteiger partial charge in [0, 0.05) is 19.6 Å². The van der Waals surface area contributed by atoms with Crippen LogP contribution in [0.2, 0.25) is 0 Å². The van der Waals surface area contributed by atoms with E-state index in [0.29, 0.717) is 5.92 Å². The van der Waals surface area contributed by atoms with Crippen LogP contribution in [0.3, 0.4) is 0 Å². The molecule has 2 unspecified atom stereocenters. The van der Waals surface area contributed by atoms with E-state index >= 15 is 0 Å². The third-order valence-corrected chi connectivity index (χ3v) is 3.62. The molecule has 0 aromatic heterocycles. The molecule has 0 radical (unpaired) electrons. The number of hydrogen-bond acceptors (Lipinski definition) is 3. The first-order valence-electron chi connectivity index (χ1n) is 6.30. The van der Waals surface area contributed by atoms with Crippen molar-refractivity contribution in [2.45, 2.75) is 33.3 Å². The zero-order valence-corrected chi connectivity index (χ0v) is 10.4. The minimum atomic E-state index is -0.136. The molecule has 1 aliphatic rings. The van der Waals surface area contributed by atoms with Gasteiger partial charge < -0.3 is 14.9 Å². The maximum Gasteiger partial charge on any atom is 0.0552 e. The predicted molar refractivity (Wildman–Crippen MR) is 64.0 cm³/mol. The molecule has 0 aromatic rings. The number of aliphatic hydroxyl groups is 1. The molecule has 1 N–H and O–H groups in total. The summed E-state index contributed by atoms with van der Waals surface area (Å²) in [4.78, 5) is 4.94. The van der Waals surface area contributed by atoms with E-state index in [1.54, 1.807) is 0 Å². The summed E-state index contributed by atoms with van der Waals surface area (Å²) in [5, 5.41) is 9.50. The smallest absolute Gasteiger partial charge is 0.0552 e. The largest absolute Gasteiger partial charge is 0.393 e. The topological polar surface area (TPSA) is 26.7 Å². The van der Waals surface area contributed by atoms with Crippen molar-refractivity contribution in [2.75, 3.05) is 39.3 Å². The van der Waals surface area contributed by atoms with Crippen LogP contribution in [-0.4, -0.2) is 60.3 Å². The zero-order chi connectivity index (χ0) is 11.3. The van der Waals surface area contributed by atoms with Gasteiger partial charge >= 0.3 is 0 Å². The SMILES string of the molecule is CCN(CC)CCN1CCC(C(C)O)C1. The lowest BCUT2D eigenvalue weighted by molar-refractivity contribution is 0.126. The van der Waals surface area contributed by atoms with Crippen molar-refractivity contribution in [2.24, 2.45) is 5.92 Å². The van der Waals surface area contributed by atoms with E-state index in [2.05, 4.69) is 23.6 Å². The van der Waals surface area contributed by atoms with Crippen molar-refractivity contribution in [3.8, 4) is 0 Å². The van der Waals surface area contributed by atoms with Crippen molar-refractivity contribution in [1.82, 2.24) is 9.80 Å². The highest BCUT2D eigenvalue weighted by Gasteiger charge is 2.25. The highest BCUT2D eigenvalue weighted by atomic mass is 16.3. The lowest BCUT2D eigenvalue weighted by Gasteiger charge is -2.23. The maximum atomic E-state index is 9.50. The summed E-state index contributed by atoms with van der Waals surface area (Å²) in [5.41, 5.74) is 0. The summed E-state index contributed by atoms with van der Waals surface area (Å²) >= 11 is 0. The molecule has 0 aromatic carbocycles. The summed E-state index contributed by atoms with van der Waals surface area (Å²) in [7, 11) is 0. The highest BCUT2D eigenvalue weighted by molar-refractivity contribution is 4.79. The molecule has 15 heavy (non-hydrogen) atoms. The summed E-state index contributed by atoms with van der Waals surface area (Å²) in [5.74, 6) is 0.502. The first-order valence-corrected chi connectivity index (χ1v) is 6.30. The number of rotatable bonds is 6. The second-order valence-electron chi connectivity index (χ2n) is 4.62. The fourth-order valence-corrected chi connectivity index (χ4v) is 2.28. The van der Waals surface area contributed by atoms with E-state index in [0.717, 1.165) is 39.1 Å². The Morgan fingerprint density at radius 2 is 2.07 bits per heavy atom. The van der Waals surface area contributed by atoms with Gasteiger partial charge in [-0.05, 0) is 38.9 Å². The van der Waals surface area contributed by atoms with Gasteiger partial charge in [0.2, 0.25) is 0 Å². The van der Waals surface area contributed by atoms with Gasteiger partial charge in [-0.2, -0.15) is 0 Å². The van der Waals surface area contributed by atoms with E-state index < -0.39 is 0 Å². The fraction of sp³-hybridized carbons (Fsp3) is 1.00. The monoisotopic (exact) mass is 214 g/mol. The van der Waals surface area contributed by atoms with E-state index in [4.69, 9.17) is 0 Å². The van der Waals surface area contributed by atoms with Crippen molar-refractivity contribution in [3.63, 3.8) is 0 Å². The third-order valence-electron chi connectivity index (χ3n) is 3.62. The van der Waals surface area contributed by atoms with Crippen LogP contribution < -0.4 is 0 Å². The Labute approximate surface area is 94.1 Å². The third kappa shape index (κ3) is 4.09. The van der Waals surface area contributed by atoms with Crippen molar-refractivity contribution < 1.29 is 5.11 Å². The molecule has 3 nitrogen and oxygen atoms in total. The quantitative estimate of drug-likeness (QED) is 0.715. The number of nitrogens with zero attached hydrogens (tertiary/aromatic N) is 2. The first-order chi connectivity index (χ1) is 7.17. The second-order valence-corrected chi connectivity index (χ2v) is 4.62. The average molecular weight is 214 g/mol. The Morgan fingerprint density at radius 1 is 1.40 bits per heavy atom. The molecule has 0 amide bonds. The lowest BCUT2D eigenvalue weighted by Crippen LogP contribution is -2.34. The fourth-order valence-electron chi connectivity index (χ4n) is 2.28. The molecule has 1 saturated heterocycles. The Kier molecular flexibility index (Phi) is 5.58. The minimum Gasteiger partial charge on any atom is -0.393 e. The van der Waals surface area contributed by atoms with Crippen LogP contribution in [0.15, 0.2) is 0 Å². The maximum absolute atomic E-state index is 9.50. The van der Waals surface area contributed by atoms with E-state index in [9.17, 15) is 5.11 Å². The Balaban J connectivity index is 2.18. The molecule has 1 rings (SSSR count). The van der Waals surface area contributed by atoms with Crippen LogP contribution in [0, 0.1) is 5.92 Å². The van der Waals surface area contributed by atoms with Crippen LogP contribution in [0.25, 0.3) is 0 Å². The molecule has 90 valence electrons. The van der Waals surface area contributed by atoms with Gasteiger partial charge in [0.15, 0.2) is 0 Å². The Hall–Kier alpha value is -0.120. The number of hydrogen-bond donors (Lipinski definition) is 1. The number of aliphatic hydroxyl groups excluding tert-OH is 1. The standard InChI is InChI=1S/C12H26N2O/c1-4-13(5-2)8-9-14-7-6-12(10-14)11(3)15/h11-12,15H,4-10H2,1-3H3. The van der Waals surface area contributed by atoms with Crippen LogP contribution in [0.1, 0.15) is 27.2 Å². The van der Waals surface area contributed by atoms with Crippen LogP contribution >= 0.6 is 0 Å². The van der Waals surface area contributed by atoms with Crippen molar-refractivity contribution in [3.05, 3.63) is 0 Å². The number of likely N-dealkylation sites (tertiary alicyclic amines) is 1. The van der Waals surface area contributed by atoms with Crippen LogP contribution in [0.4, 0.5) is 0 Å². The van der Waals surface area contributed by atoms with Gasteiger partial charge in [-0.3, -0.25) is 0 Å². The van der Waals surface area contributed by atoms with Gasteiger partial charge in [-0.25, -0.2) is 0 Å². The van der Waals surface area contributed by atoms with Crippen LogP contribution in [-0.2, 0) is 0 Å². The van der Waals surface area contributed by atoms with E-state index in [1.165, 1.54) is 6.54 Å². The second kappa shape index (κ2) is 6.46. The molecule has 1 heterocycles. The molecule has 0 spiro atoms. The molecule has 0 aliphatic carbocycles. The predicted octanol–water partition coefficient (Wildman–Crippen LogP) is 1.03. The van der Waals surface area contributed by atoms with Gasteiger partial charge in [0.05, 0.1) is 6.10 Å². The number of likely N-dealkylation sites (N-methyl/N-ethyl adjacent to an activating group) is 1. The van der Waals surface area contributed by atoms with E-state index in [-0.39, 0.29) is 6.10 Å². The lowest BCUT2D eigenvalue weighted by atomic mass is 10.0. The molecule has 2 atom stereocenters. The molecule has 0 saturated carbocycles. The first kappa shape index (κ1) is 12.9. The zero-order valence-electron chi connectivity index (χ0n) is 10.4. The van der Waals surface area contributed by atoms with E-state index in [1.807, 2.05) is 6.92 Å².